The fraction of sp³-hybridized carbons (Fsp3) is 0.250. The molecule has 94 valence electrons. The Hall–Kier alpha value is -1.79. The zero-order chi connectivity index (χ0) is 13.1. The number of nitrogens with two attached hydrogens (primary N) is 1. The molecule has 0 aliphatic heterocycles. The molecular formula is C12H13N3O2S. The van der Waals surface area contributed by atoms with Crippen LogP contribution in [0.5, 0.6) is 0 Å². The maximum atomic E-state index is 10.6. The SMILES string of the molecule is CC(CN)c1nc(-c2ccc([N+](=O)[O-])cc2)cs1. The van der Waals surface area contributed by atoms with Crippen LogP contribution in [-0.2, 0) is 0 Å². The zero-order valence-electron chi connectivity index (χ0n) is 9.87. The van der Waals surface area contributed by atoms with Crippen LogP contribution in [0.15, 0.2) is 29.6 Å². The monoisotopic (exact) mass is 263 g/mol. The number of thiazole rings is 1. The fourth-order valence-corrected chi connectivity index (χ4v) is 2.40. The van der Waals surface area contributed by atoms with Crippen LogP contribution in [0, 0.1) is 10.1 Å². The lowest BCUT2D eigenvalue weighted by Gasteiger charge is -2.02. The molecule has 2 aromatic rings. The first kappa shape index (κ1) is 12.7. The van der Waals surface area contributed by atoms with Gasteiger partial charge in [0.15, 0.2) is 0 Å². The molecule has 1 heterocycles. The highest BCUT2D eigenvalue weighted by atomic mass is 32.1. The van der Waals surface area contributed by atoms with Gasteiger partial charge in [-0.1, -0.05) is 6.92 Å². The first-order valence-electron chi connectivity index (χ1n) is 5.52. The van der Waals surface area contributed by atoms with Crippen LogP contribution in [0.2, 0.25) is 0 Å². The first-order valence-corrected chi connectivity index (χ1v) is 6.40. The van der Waals surface area contributed by atoms with Crippen LogP contribution >= 0.6 is 11.3 Å². The van der Waals surface area contributed by atoms with Gasteiger partial charge in [-0.3, -0.25) is 10.1 Å². The Labute approximate surface area is 108 Å². The van der Waals surface area contributed by atoms with E-state index in [1.807, 2.05) is 12.3 Å². The maximum absolute atomic E-state index is 10.6. The van der Waals surface area contributed by atoms with E-state index >= 15 is 0 Å². The fourth-order valence-electron chi connectivity index (χ4n) is 1.50. The summed E-state index contributed by atoms with van der Waals surface area (Å²) in [6.07, 6.45) is 0. The Bertz CT molecular complexity index is 551. The quantitative estimate of drug-likeness (QED) is 0.679. The average Bonchev–Trinajstić information content (AvgIpc) is 2.87. The van der Waals surface area contributed by atoms with E-state index < -0.39 is 4.92 Å². The molecule has 2 rings (SSSR count). The molecule has 0 fully saturated rings. The summed E-state index contributed by atoms with van der Waals surface area (Å²) in [6, 6.07) is 6.40. The number of non-ortho nitro benzene ring substituents is 1. The first-order chi connectivity index (χ1) is 8.61. The number of hydrogen-bond donors (Lipinski definition) is 1. The lowest BCUT2D eigenvalue weighted by Crippen LogP contribution is -2.08. The Kier molecular flexibility index (Phi) is 3.69. The predicted octanol–water partition coefficient (Wildman–Crippen LogP) is 2.78. The van der Waals surface area contributed by atoms with Crippen molar-refractivity contribution in [2.45, 2.75) is 12.8 Å². The van der Waals surface area contributed by atoms with Gasteiger partial charge >= 0.3 is 0 Å². The van der Waals surface area contributed by atoms with Crippen molar-refractivity contribution in [3.63, 3.8) is 0 Å². The summed E-state index contributed by atoms with van der Waals surface area (Å²) in [5.74, 6) is 0.238. The second kappa shape index (κ2) is 5.24. The number of hydrogen-bond acceptors (Lipinski definition) is 5. The third-order valence-electron chi connectivity index (χ3n) is 2.67. The van der Waals surface area contributed by atoms with Gasteiger partial charge in [-0.25, -0.2) is 4.98 Å². The Morgan fingerprint density at radius 2 is 2.11 bits per heavy atom. The molecule has 1 aromatic heterocycles. The van der Waals surface area contributed by atoms with E-state index in [0.717, 1.165) is 16.3 Å². The summed E-state index contributed by atoms with van der Waals surface area (Å²) in [5.41, 5.74) is 7.40. The highest BCUT2D eigenvalue weighted by Crippen LogP contribution is 2.27. The van der Waals surface area contributed by atoms with E-state index in [2.05, 4.69) is 4.98 Å². The molecule has 0 radical (unpaired) electrons. The van der Waals surface area contributed by atoms with Gasteiger partial charge in [-0.2, -0.15) is 0 Å². The van der Waals surface area contributed by atoms with Gasteiger partial charge in [-0.15, -0.1) is 11.3 Å². The molecule has 0 spiro atoms. The van der Waals surface area contributed by atoms with Crippen LogP contribution < -0.4 is 5.73 Å². The van der Waals surface area contributed by atoms with Crippen molar-refractivity contribution in [1.82, 2.24) is 4.98 Å². The van der Waals surface area contributed by atoms with Crippen molar-refractivity contribution in [3.8, 4) is 11.3 Å². The summed E-state index contributed by atoms with van der Waals surface area (Å²) in [6.45, 7) is 2.59. The van der Waals surface area contributed by atoms with Crippen LogP contribution in [0.3, 0.4) is 0 Å². The van der Waals surface area contributed by atoms with Gasteiger partial charge in [0.2, 0.25) is 0 Å². The van der Waals surface area contributed by atoms with Crippen molar-refractivity contribution in [2.24, 2.45) is 5.73 Å². The summed E-state index contributed by atoms with van der Waals surface area (Å²) in [7, 11) is 0. The van der Waals surface area contributed by atoms with Gasteiger partial charge < -0.3 is 5.73 Å². The molecule has 0 saturated carbocycles. The summed E-state index contributed by atoms with van der Waals surface area (Å²) in [5, 5.41) is 13.5. The molecule has 5 nitrogen and oxygen atoms in total. The van der Waals surface area contributed by atoms with Crippen LogP contribution in [-0.4, -0.2) is 16.5 Å². The van der Waals surface area contributed by atoms with Crippen LogP contribution in [0.1, 0.15) is 17.8 Å². The Morgan fingerprint density at radius 3 is 2.67 bits per heavy atom. The largest absolute Gasteiger partial charge is 0.330 e. The van der Waals surface area contributed by atoms with Crippen molar-refractivity contribution in [1.29, 1.82) is 0 Å². The van der Waals surface area contributed by atoms with Crippen molar-refractivity contribution in [2.75, 3.05) is 6.54 Å². The van der Waals surface area contributed by atoms with Gasteiger partial charge in [0.05, 0.1) is 15.6 Å². The molecular weight excluding hydrogens is 250 g/mol. The highest BCUT2D eigenvalue weighted by Gasteiger charge is 2.11. The number of aromatic nitrogens is 1. The average molecular weight is 263 g/mol. The lowest BCUT2D eigenvalue weighted by molar-refractivity contribution is -0.384. The summed E-state index contributed by atoms with van der Waals surface area (Å²) < 4.78 is 0. The van der Waals surface area contributed by atoms with Crippen molar-refractivity contribution < 1.29 is 4.92 Å². The molecule has 1 unspecified atom stereocenters. The third-order valence-corrected chi connectivity index (χ3v) is 3.75. The minimum atomic E-state index is -0.410. The second-order valence-electron chi connectivity index (χ2n) is 4.01. The van der Waals surface area contributed by atoms with Gasteiger partial charge in [0.1, 0.15) is 0 Å². The predicted molar refractivity (Wildman–Crippen MR) is 71.7 cm³/mol. The molecule has 0 saturated heterocycles. The molecule has 18 heavy (non-hydrogen) atoms. The second-order valence-corrected chi connectivity index (χ2v) is 4.90. The maximum Gasteiger partial charge on any atom is 0.269 e. The smallest absolute Gasteiger partial charge is 0.269 e. The number of benzene rings is 1. The highest BCUT2D eigenvalue weighted by molar-refractivity contribution is 7.10. The molecule has 1 atom stereocenters. The topological polar surface area (TPSA) is 82.0 Å². The lowest BCUT2D eigenvalue weighted by atomic mass is 10.1. The molecule has 2 N–H and O–H groups in total. The number of nitrogens with zero attached hydrogens (tertiary/aromatic N) is 2. The van der Waals surface area contributed by atoms with Gasteiger partial charge in [0, 0.05) is 35.5 Å². The van der Waals surface area contributed by atoms with E-state index in [1.54, 1.807) is 23.5 Å². The summed E-state index contributed by atoms with van der Waals surface area (Å²) in [4.78, 5) is 14.6. The number of nitro benzene ring substituents is 1. The molecule has 0 aliphatic rings. The number of nitro groups is 1. The van der Waals surface area contributed by atoms with Crippen molar-refractivity contribution >= 4 is 17.0 Å². The molecule has 6 heteroatoms. The Morgan fingerprint density at radius 1 is 1.44 bits per heavy atom. The van der Waals surface area contributed by atoms with E-state index in [9.17, 15) is 10.1 Å². The minimum absolute atomic E-state index is 0.0875. The molecule has 0 amide bonds. The van der Waals surface area contributed by atoms with E-state index in [1.165, 1.54) is 12.1 Å². The van der Waals surface area contributed by atoms with E-state index in [0.29, 0.717) is 6.54 Å². The normalized spacial score (nSPS) is 12.3. The van der Waals surface area contributed by atoms with Crippen LogP contribution in [0.4, 0.5) is 5.69 Å². The minimum Gasteiger partial charge on any atom is -0.330 e. The molecule has 0 aliphatic carbocycles. The summed E-state index contributed by atoms with van der Waals surface area (Å²) >= 11 is 1.56. The van der Waals surface area contributed by atoms with Gasteiger partial charge in [0.25, 0.3) is 5.69 Å². The molecule has 0 bridgehead atoms. The zero-order valence-corrected chi connectivity index (χ0v) is 10.7. The van der Waals surface area contributed by atoms with Crippen molar-refractivity contribution in [3.05, 3.63) is 44.8 Å². The van der Waals surface area contributed by atoms with Crippen LogP contribution in [0.25, 0.3) is 11.3 Å². The standard InChI is InChI=1S/C12H13N3O2S/c1-8(6-13)12-14-11(7-18-12)9-2-4-10(5-3-9)15(16)17/h2-5,7-8H,6,13H2,1H3. The molecule has 1 aromatic carbocycles. The third kappa shape index (κ3) is 2.55. The Balaban J connectivity index is 2.26. The van der Waals surface area contributed by atoms with E-state index in [4.69, 9.17) is 5.73 Å². The number of rotatable bonds is 4. The van der Waals surface area contributed by atoms with Gasteiger partial charge in [-0.05, 0) is 12.1 Å². The van der Waals surface area contributed by atoms with E-state index in [-0.39, 0.29) is 11.6 Å².